The first kappa shape index (κ1) is 16.2. The molecule has 2 aromatic carbocycles. The van der Waals surface area contributed by atoms with E-state index in [1.54, 1.807) is 18.2 Å². The molecule has 0 amide bonds. The highest BCUT2D eigenvalue weighted by Crippen LogP contribution is 2.45. The Balaban J connectivity index is 2.16. The number of rotatable bonds is 0. The summed E-state index contributed by atoms with van der Waals surface area (Å²) in [7, 11) is 0. The summed E-state index contributed by atoms with van der Waals surface area (Å²) in [4.78, 5) is 12.5. The van der Waals surface area contributed by atoms with Crippen molar-refractivity contribution >= 4 is 28.2 Å². The van der Waals surface area contributed by atoms with Gasteiger partial charge in [0, 0.05) is 16.2 Å². The predicted molar refractivity (Wildman–Crippen MR) is 97.7 cm³/mol. The van der Waals surface area contributed by atoms with Gasteiger partial charge in [0.05, 0.1) is 46.2 Å². The van der Waals surface area contributed by atoms with Crippen molar-refractivity contribution in [1.82, 2.24) is 9.97 Å². The van der Waals surface area contributed by atoms with Gasteiger partial charge in [0.25, 0.3) is 5.70 Å². The summed E-state index contributed by atoms with van der Waals surface area (Å²) < 4.78 is 0. The zero-order valence-corrected chi connectivity index (χ0v) is 14.2. The van der Waals surface area contributed by atoms with Gasteiger partial charge in [0.15, 0.2) is 0 Å². The van der Waals surface area contributed by atoms with Crippen molar-refractivity contribution in [3.63, 3.8) is 0 Å². The molecule has 1 aromatic heterocycles. The number of fused-ring (bicyclic) bond motifs is 4. The summed E-state index contributed by atoms with van der Waals surface area (Å²) >= 11 is 6.11. The Morgan fingerprint density at radius 3 is 2.11 bits per heavy atom. The number of nitriles is 3. The lowest BCUT2D eigenvalue weighted by Gasteiger charge is -2.05. The minimum Gasteiger partial charge on any atom is -0.245 e. The fourth-order valence-electron chi connectivity index (χ4n) is 3.08. The lowest BCUT2D eigenvalue weighted by molar-refractivity contribution is 1.27. The molecule has 0 spiro atoms. The summed E-state index contributed by atoms with van der Waals surface area (Å²) in [5, 5.41) is 28.3. The number of allylic oxidation sites excluding steroid dienone is 1. The smallest absolute Gasteiger partial charge is 0.245 e. The molecule has 0 saturated heterocycles. The molecule has 0 aliphatic heterocycles. The highest BCUT2D eigenvalue weighted by Gasteiger charge is 2.30. The first-order valence-corrected chi connectivity index (χ1v) is 7.97. The molecule has 4 rings (SSSR count). The Hall–Kier alpha value is -4.23. The van der Waals surface area contributed by atoms with Crippen molar-refractivity contribution in [3.8, 4) is 29.5 Å². The van der Waals surface area contributed by atoms with E-state index in [9.17, 15) is 15.8 Å². The van der Waals surface area contributed by atoms with Crippen LogP contribution in [-0.4, -0.2) is 9.97 Å². The van der Waals surface area contributed by atoms with Crippen LogP contribution in [0.4, 0.5) is 0 Å². The van der Waals surface area contributed by atoms with Gasteiger partial charge in [-0.15, -0.1) is 0 Å². The number of benzene rings is 2. The maximum atomic E-state index is 9.39. The van der Waals surface area contributed by atoms with Crippen LogP contribution >= 0.6 is 11.6 Å². The van der Waals surface area contributed by atoms with E-state index in [2.05, 4.69) is 14.8 Å². The van der Waals surface area contributed by atoms with E-state index >= 15 is 0 Å². The van der Waals surface area contributed by atoms with Gasteiger partial charge in [-0.05, 0) is 29.8 Å². The van der Waals surface area contributed by atoms with E-state index in [0.717, 1.165) is 0 Å². The van der Waals surface area contributed by atoms with Crippen LogP contribution in [0, 0.1) is 40.6 Å². The minimum absolute atomic E-state index is 0.111. The second kappa shape index (κ2) is 5.94. The average molecular weight is 365 g/mol. The molecule has 0 atom stereocenters. The summed E-state index contributed by atoms with van der Waals surface area (Å²) in [6.45, 7) is 7.33. The van der Waals surface area contributed by atoms with Crippen LogP contribution in [0.2, 0.25) is 5.02 Å². The van der Waals surface area contributed by atoms with Crippen molar-refractivity contribution in [2.75, 3.05) is 0 Å². The Labute approximate surface area is 158 Å². The third kappa shape index (κ3) is 2.30. The van der Waals surface area contributed by atoms with E-state index < -0.39 is 0 Å². The summed E-state index contributed by atoms with van der Waals surface area (Å²) in [6, 6.07) is 14.0. The topological polar surface area (TPSA) is 102 Å². The SMILES string of the molecule is [C-]#[N+]/C(C#N)=C1\c2cc(Cl)ccc2-c2nc3cc(C#N)c(C#N)cc3nc21. The van der Waals surface area contributed by atoms with E-state index in [1.165, 1.54) is 12.1 Å². The van der Waals surface area contributed by atoms with Crippen LogP contribution in [0.3, 0.4) is 0 Å². The second-order valence-electron chi connectivity index (χ2n) is 5.67. The Morgan fingerprint density at radius 1 is 0.926 bits per heavy atom. The second-order valence-corrected chi connectivity index (χ2v) is 6.10. The van der Waals surface area contributed by atoms with E-state index in [-0.39, 0.29) is 16.8 Å². The van der Waals surface area contributed by atoms with Crippen LogP contribution in [0.15, 0.2) is 36.0 Å². The summed E-state index contributed by atoms with van der Waals surface area (Å²) in [6.07, 6.45) is 0. The van der Waals surface area contributed by atoms with Crippen molar-refractivity contribution in [1.29, 1.82) is 15.8 Å². The molecule has 0 saturated carbocycles. The summed E-state index contributed by atoms with van der Waals surface area (Å²) in [5.41, 5.74) is 3.74. The number of aromatic nitrogens is 2. The van der Waals surface area contributed by atoms with Gasteiger partial charge >= 0.3 is 0 Å². The van der Waals surface area contributed by atoms with Gasteiger partial charge < -0.3 is 0 Å². The van der Waals surface area contributed by atoms with Gasteiger partial charge in [-0.3, -0.25) is 0 Å². The maximum Gasteiger partial charge on any atom is 0.271 e. The average Bonchev–Trinajstić information content (AvgIpc) is 2.98. The van der Waals surface area contributed by atoms with Crippen molar-refractivity contribution in [3.05, 3.63) is 74.9 Å². The number of nitrogens with zero attached hydrogens (tertiary/aromatic N) is 6. The van der Waals surface area contributed by atoms with Crippen LogP contribution in [0.5, 0.6) is 0 Å². The number of hydrogen-bond donors (Lipinski definition) is 0. The molecule has 1 aliphatic carbocycles. The molecular formula is C20H5ClN6. The van der Waals surface area contributed by atoms with Crippen LogP contribution < -0.4 is 0 Å². The summed E-state index contributed by atoms with van der Waals surface area (Å²) in [5.74, 6) is 0. The Bertz CT molecular complexity index is 1360. The van der Waals surface area contributed by atoms with Gasteiger partial charge in [0.2, 0.25) is 0 Å². The van der Waals surface area contributed by atoms with E-state index in [4.69, 9.17) is 18.2 Å². The fourth-order valence-corrected chi connectivity index (χ4v) is 3.26. The standard InChI is InChI=1S/C20H5ClN6/c1-25-17(9-24)18-14-6-12(21)2-3-13(14)19-20(18)27-16-5-11(8-23)10(7-22)4-15(16)26-19/h2-6H/b18-17+. The van der Waals surface area contributed by atoms with Crippen LogP contribution in [-0.2, 0) is 0 Å². The lowest BCUT2D eigenvalue weighted by atomic mass is 10.0. The van der Waals surface area contributed by atoms with E-state index in [0.29, 0.717) is 44.1 Å². The van der Waals surface area contributed by atoms with Gasteiger partial charge in [0.1, 0.15) is 12.1 Å². The number of halogens is 1. The zero-order chi connectivity index (χ0) is 19.1. The monoisotopic (exact) mass is 364 g/mol. The largest absolute Gasteiger partial charge is 0.271 e. The number of hydrogen-bond acceptors (Lipinski definition) is 5. The Morgan fingerprint density at radius 2 is 1.56 bits per heavy atom. The lowest BCUT2D eigenvalue weighted by Crippen LogP contribution is -1.96. The highest BCUT2D eigenvalue weighted by molar-refractivity contribution is 6.31. The van der Waals surface area contributed by atoms with Gasteiger partial charge in [-0.2, -0.15) is 10.5 Å². The molecule has 6 nitrogen and oxygen atoms in total. The molecule has 122 valence electrons. The van der Waals surface area contributed by atoms with E-state index in [1.807, 2.05) is 18.2 Å². The molecule has 27 heavy (non-hydrogen) atoms. The molecular weight excluding hydrogens is 360 g/mol. The van der Waals surface area contributed by atoms with Crippen molar-refractivity contribution in [2.24, 2.45) is 0 Å². The quantitative estimate of drug-likeness (QED) is 0.343. The molecule has 3 aromatic rings. The third-order valence-electron chi connectivity index (χ3n) is 4.24. The molecule has 0 radical (unpaired) electrons. The molecule has 1 heterocycles. The normalized spacial score (nSPS) is 12.9. The molecule has 0 unspecified atom stereocenters. The Kier molecular flexibility index (Phi) is 3.57. The van der Waals surface area contributed by atoms with Crippen molar-refractivity contribution in [2.45, 2.75) is 0 Å². The molecule has 0 bridgehead atoms. The fraction of sp³-hybridized carbons (Fsp3) is 0. The van der Waals surface area contributed by atoms with Crippen LogP contribution in [0.25, 0.3) is 32.7 Å². The zero-order valence-electron chi connectivity index (χ0n) is 13.4. The van der Waals surface area contributed by atoms with Crippen molar-refractivity contribution < 1.29 is 0 Å². The molecule has 0 fully saturated rings. The maximum absolute atomic E-state index is 9.39. The molecule has 7 heteroatoms. The first-order chi connectivity index (χ1) is 13.1. The highest BCUT2D eigenvalue weighted by atomic mass is 35.5. The van der Waals surface area contributed by atoms with Gasteiger partial charge in [-0.25, -0.2) is 20.1 Å². The molecule has 0 N–H and O–H groups in total. The predicted octanol–water partition coefficient (Wildman–Crippen LogP) is 4.21. The minimum atomic E-state index is -0.111. The first-order valence-electron chi connectivity index (χ1n) is 7.59. The van der Waals surface area contributed by atoms with Crippen LogP contribution in [0.1, 0.15) is 22.4 Å². The molecule has 1 aliphatic rings. The third-order valence-corrected chi connectivity index (χ3v) is 4.48. The van der Waals surface area contributed by atoms with Gasteiger partial charge in [-0.1, -0.05) is 17.7 Å².